The highest BCUT2D eigenvalue weighted by atomic mass is 15.4. The summed E-state index contributed by atoms with van der Waals surface area (Å²) in [6, 6.07) is 0. The van der Waals surface area contributed by atoms with E-state index in [0.29, 0.717) is 0 Å². The molecule has 3 nitrogen and oxygen atoms in total. The molecule has 0 spiro atoms. The van der Waals surface area contributed by atoms with Crippen molar-refractivity contribution in [2.24, 2.45) is 4.99 Å². The van der Waals surface area contributed by atoms with Crippen molar-refractivity contribution in [2.45, 2.75) is 6.42 Å². The second kappa shape index (κ2) is 1.62. The van der Waals surface area contributed by atoms with E-state index in [1.807, 2.05) is 18.5 Å². The van der Waals surface area contributed by atoms with Gasteiger partial charge in [0.2, 0.25) is 0 Å². The number of nitrogens with one attached hydrogen (secondary N) is 2. The van der Waals surface area contributed by atoms with Gasteiger partial charge in [0.1, 0.15) is 5.82 Å². The maximum absolute atomic E-state index is 4.09. The Hall–Kier alpha value is -1.25. The summed E-state index contributed by atoms with van der Waals surface area (Å²) in [4.78, 5) is 4.09. The molecule has 0 atom stereocenters. The Labute approximate surface area is 53.1 Å². The summed E-state index contributed by atoms with van der Waals surface area (Å²) in [6.45, 7) is 0. The lowest BCUT2D eigenvalue weighted by molar-refractivity contribution is 0.705. The smallest absolute Gasteiger partial charge is 0.147 e. The third-order valence-corrected chi connectivity index (χ3v) is 1.39. The van der Waals surface area contributed by atoms with Gasteiger partial charge < -0.3 is 5.43 Å². The van der Waals surface area contributed by atoms with E-state index in [2.05, 4.69) is 15.8 Å². The number of rotatable bonds is 0. The second-order valence-electron chi connectivity index (χ2n) is 1.99. The van der Waals surface area contributed by atoms with Gasteiger partial charge in [0.15, 0.2) is 0 Å². The standard InChI is InChI=1S/C6H7N3/c1-3-7-6-5(1)2-4-8-9-6/h2-4,8-9H,1H2. The van der Waals surface area contributed by atoms with Crippen LogP contribution in [0.4, 0.5) is 0 Å². The van der Waals surface area contributed by atoms with Gasteiger partial charge in [0, 0.05) is 24.4 Å². The average Bonchev–Trinajstić information content (AvgIpc) is 2.33. The van der Waals surface area contributed by atoms with E-state index in [1.165, 1.54) is 5.57 Å². The molecule has 9 heavy (non-hydrogen) atoms. The van der Waals surface area contributed by atoms with Gasteiger partial charge in [-0.25, -0.2) is 4.99 Å². The van der Waals surface area contributed by atoms with E-state index in [4.69, 9.17) is 0 Å². The quantitative estimate of drug-likeness (QED) is 0.483. The highest BCUT2D eigenvalue weighted by Crippen LogP contribution is 2.15. The molecule has 0 bridgehead atoms. The van der Waals surface area contributed by atoms with Gasteiger partial charge in [-0.3, -0.25) is 5.43 Å². The van der Waals surface area contributed by atoms with Crippen molar-refractivity contribution in [2.75, 3.05) is 0 Å². The zero-order valence-corrected chi connectivity index (χ0v) is 4.89. The van der Waals surface area contributed by atoms with Crippen molar-refractivity contribution in [3.8, 4) is 0 Å². The SMILES string of the molecule is C1=CC2=C(N=CC2)NN1. The molecule has 0 radical (unpaired) electrons. The van der Waals surface area contributed by atoms with Crippen molar-refractivity contribution in [1.29, 1.82) is 0 Å². The van der Waals surface area contributed by atoms with Crippen LogP contribution in [0.1, 0.15) is 6.42 Å². The molecule has 46 valence electrons. The molecule has 2 aliphatic rings. The van der Waals surface area contributed by atoms with Crippen LogP contribution in [0.2, 0.25) is 0 Å². The molecular weight excluding hydrogens is 114 g/mol. The Morgan fingerprint density at radius 1 is 1.56 bits per heavy atom. The van der Waals surface area contributed by atoms with Gasteiger partial charge in [-0.1, -0.05) is 0 Å². The summed E-state index contributed by atoms with van der Waals surface area (Å²) in [7, 11) is 0. The highest BCUT2D eigenvalue weighted by Gasteiger charge is 2.08. The fraction of sp³-hybridized carbons (Fsp3) is 0.167. The van der Waals surface area contributed by atoms with E-state index in [9.17, 15) is 0 Å². The van der Waals surface area contributed by atoms with Gasteiger partial charge >= 0.3 is 0 Å². The van der Waals surface area contributed by atoms with Gasteiger partial charge in [-0.15, -0.1) is 0 Å². The lowest BCUT2D eigenvalue weighted by atomic mass is 10.2. The van der Waals surface area contributed by atoms with Crippen LogP contribution < -0.4 is 10.9 Å². The molecule has 2 rings (SSSR count). The minimum atomic E-state index is 0.956. The molecule has 0 saturated heterocycles. The van der Waals surface area contributed by atoms with Crippen LogP contribution in [-0.4, -0.2) is 6.21 Å². The molecule has 2 N–H and O–H groups in total. The first-order valence-electron chi connectivity index (χ1n) is 2.90. The Morgan fingerprint density at radius 3 is 3.44 bits per heavy atom. The fourth-order valence-corrected chi connectivity index (χ4v) is 0.927. The van der Waals surface area contributed by atoms with Crippen LogP contribution in [0, 0.1) is 0 Å². The minimum absolute atomic E-state index is 0.956. The maximum Gasteiger partial charge on any atom is 0.147 e. The minimum Gasteiger partial charge on any atom is -0.307 e. The molecule has 0 aromatic heterocycles. The van der Waals surface area contributed by atoms with Crippen molar-refractivity contribution in [3.05, 3.63) is 23.7 Å². The van der Waals surface area contributed by atoms with Gasteiger partial charge in [-0.2, -0.15) is 0 Å². The zero-order chi connectivity index (χ0) is 6.10. The number of hydrazine groups is 1. The fourth-order valence-electron chi connectivity index (χ4n) is 0.927. The van der Waals surface area contributed by atoms with Crippen LogP contribution in [0.25, 0.3) is 0 Å². The summed E-state index contributed by atoms with van der Waals surface area (Å²) < 4.78 is 0. The molecule has 3 heteroatoms. The third-order valence-electron chi connectivity index (χ3n) is 1.39. The molecule has 2 heterocycles. The number of nitrogens with zero attached hydrogens (tertiary/aromatic N) is 1. The number of aliphatic imine (C=N–C) groups is 1. The Morgan fingerprint density at radius 2 is 2.56 bits per heavy atom. The second-order valence-corrected chi connectivity index (χ2v) is 1.99. The topological polar surface area (TPSA) is 36.4 Å². The zero-order valence-electron chi connectivity index (χ0n) is 4.89. The lowest BCUT2D eigenvalue weighted by Crippen LogP contribution is -2.27. The van der Waals surface area contributed by atoms with Crippen molar-refractivity contribution < 1.29 is 0 Å². The lowest BCUT2D eigenvalue weighted by Gasteiger charge is -2.09. The summed E-state index contributed by atoms with van der Waals surface area (Å²) in [5.41, 5.74) is 7.04. The van der Waals surface area contributed by atoms with E-state index in [1.54, 1.807) is 0 Å². The number of hydrogen-bond donors (Lipinski definition) is 2. The Kier molecular flexibility index (Phi) is 0.828. The van der Waals surface area contributed by atoms with Crippen LogP contribution in [0.3, 0.4) is 0 Å². The molecule has 2 aliphatic heterocycles. The monoisotopic (exact) mass is 121 g/mol. The molecule has 0 saturated carbocycles. The van der Waals surface area contributed by atoms with Crippen molar-refractivity contribution in [3.63, 3.8) is 0 Å². The van der Waals surface area contributed by atoms with E-state index < -0.39 is 0 Å². The van der Waals surface area contributed by atoms with Gasteiger partial charge in [-0.05, 0) is 6.08 Å². The number of allylic oxidation sites excluding steroid dienone is 2. The highest BCUT2D eigenvalue weighted by molar-refractivity contribution is 5.68. The average molecular weight is 121 g/mol. The Bertz CT molecular complexity index is 212. The van der Waals surface area contributed by atoms with Crippen LogP contribution in [0.5, 0.6) is 0 Å². The Balaban J connectivity index is 2.35. The molecule has 0 aromatic rings. The van der Waals surface area contributed by atoms with E-state index in [-0.39, 0.29) is 0 Å². The van der Waals surface area contributed by atoms with Crippen LogP contribution in [0.15, 0.2) is 28.7 Å². The van der Waals surface area contributed by atoms with Crippen LogP contribution >= 0.6 is 0 Å². The van der Waals surface area contributed by atoms with E-state index >= 15 is 0 Å². The summed E-state index contributed by atoms with van der Waals surface area (Å²) in [5, 5.41) is 0. The molecule has 0 unspecified atom stereocenters. The molecule has 0 amide bonds. The third kappa shape index (κ3) is 0.614. The van der Waals surface area contributed by atoms with Crippen molar-refractivity contribution >= 4 is 6.21 Å². The first-order chi connectivity index (χ1) is 4.47. The first kappa shape index (κ1) is 4.61. The molecule has 0 aromatic carbocycles. The molecular formula is C6H7N3. The van der Waals surface area contributed by atoms with Gasteiger partial charge in [0.25, 0.3) is 0 Å². The summed E-state index contributed by atoms with van der Waals surface area (Å²) >= 11 is 0. The van der Waals surface area contributed by atoms with E-state index in [0.717, 1.165) is 12.2 Å². The summed E-state index contributed by atoms with van der Waals surface area (Å²) in [5.74, 6) is 0.956. The largest absolute Gasteiger partial charge is 0.307 e. The normalized spacial score (nSPS) is 21.3. The number of hydrogen-bond acceptors (Lipinski definition) is 3. The van der Waals surface area contributed by atoms with Crippen molar-refractivity contribution in [1.82, 2.24) is 10.9 Å². The maximum atomic E-state index is 4.09. The first-order valence-corrected chi connectivity index (χ1v) is 2.90. The summed E-state index contributed by atoms with van der Waals surface area (Å²) in [6.07, 6.45) is 6.75. The van der Waals surface area contributed by atoms with Gasteiger partial charge in [0.05, 0.1) is 0 Å². The predicted molar refractivity (Wildman–Crippen MR) is 35.5 cm³/mol. The molecule has 0 aliphatic carbocycles. The predicted octanol–water partition coefficient (Wildman–Crippen LogP) is 0.294. The molecule has 0 fully saturated rings. The van der Waals surface area contributed by atoms with Crippen LogP contribution in [-0.2, 0) is 0 Å².